The monoisotopic (exact) mass is 320 g/mol. The molecular formula is C17H21ClN2O2. The lowest BCUT2D eigenvalue weighted by Crippen LogP contribution is -2.13. The number of benzene rings is 1. The van der Waals surface area contributed by atoms with E-state index in [1.54, 1.807) is 0 Å². The third-order valence-electron chi connectivity index (χ3n) is 3.89. The van der Waals surface area contributed by atoms with Crippen molar-refractivity contribution >= 4 is 17.5 Å². The molecule has 2 rings (SSSR count). The molecule has 0 unspecified atom stereocenters. The maximum absolute atomic E-state index is 12.0. The van der Waals surface area contributed by atoms with Crippen LogP contribution in [0.3, 0.4) is 0 Å². The Kier molecular flexibility index (Phi) is 5.27. The molecule has 0 bridgehead atoms. The maximum atomic E-state index is 12.0. The number of nitrogens with two attached hydrogens (primary N) is 1. The van der Waals surface area contributed by atoms with E-state index in [2.05, 4.69) is 11.5 Å². The Balaban J connectivity index is 2.69. The van der Waals surface area contributed by atoms with Crippen molar-refractivity contribution in [2.45, 2.75) is 33.2 Å². The van der Waals surface area contributed by atoms with E-state index in [9.17, 15) is 4.79 Å². The number of nitrogens with zero attached hydrogens (tertiary/aromatic N) is 1. The van der Waals surface area contributed by atoms with Crippen molar-refractivity contribution < 1.29 is 9.90 Å². The Hall–Kier alpha value is -1.78. The number of hydrogen-bond donors (Lipinski definition) is 2. The van der Waals surface area contributed by atoms with Gasteiger partial charge in [0.05, 0.1) is 5.56 Å². The highest BCUT2D eigenvalue weighted by Gasteiger charge is 2.23. The van der Waals surface area contributed by atoms with Gasteiger partial charge < -0.3 is 15.4 Å². The molecule has 5 heteroatoms. The molecule has 0 spiro atoms. The number of primary amides is 1. The smallest absolute Gasteiger partial charge is 0.251 e. The Morgan fingerprint density at radius 3 is 2.45 bits per heavy atom. The van der Waals surface area contributed by atoms with Gasteiger partial charge in [-0.25, -0.2) is 0 Å². The van der Waals surface area contributed by atoms with Crippen LogP contribution in [0.2, 0.25) is 5.02 Å². The van der Waals surface area contributed by atoms with Crippen molar-refractivity contribution in [3.05, 3.63) is 46.2 Å². The summed E-state index contributed by atoms with van der Waals surface area (Å²) >= 11 is 5.96. The number of carbonyl (C=O) groups is 1. The molecule has 0 saturated carbocycles. The van der Waals surface area contributed by atoms with Crippen LogP contribution in [-0.4, -0.2) is 22.2 Å². The molecule has 0 fully saturated rings. The lowest BCUT2D eigenvalue weighted by atomic mass is 9.99. The van der Waals surface area contributed by atoms with Crippen molar-refractivity contribution in [2.75, 3.05) is 6.61 Å². The summed E-state index contributed by atoms with van der Waals surface area (Å²) in [6.07, 6.45) is 1.41. The average molecular weight is 321 g/mol. The van der Waals surface area contributed by atoms with Crippen molar-refractivity contribution in [2.24, 2.45) is 5.73 Å². The van der Waals surface area contributed by atoms with E-state index in [-0.39, 0.29) is 6.61 Å². The summed E-state index contributed by atoms with van der Waals surface area (Å²) in [6.45, 7) is 4.73. The van der Waals surface area contributed by atoms with Gasteiger partial charge in [-0.15, -0.1) is 0 Å². The molecule has 4 nitrogen and oxygen atoms in total. The van der Waals surface area contributed by atoms with Crippen molar-refractivity contribution in [3.63, 3.8) is 0 Å². The molecule has 0 radical (unpaired) electrons. The largest absolute Gasteiger partial charge is 0.396 e. The molecule has 1 aromatic heterocycles. The lowest BCUT2D eigenvalue weighted by molar-refractivity contribution is 0.1000. The summed E-state index contributed by atoms with van der Waals surface area (Å²) in [5.74, 6) is -0.431. The second-order valence-electron chi connectivity index (χ2n) is 5.24. The van der Waals surface area contributed by atoms with E-state index in [0.29, 0.717) is 23.6 Å². The first kappa shape index (κ1) is 16.6. The molecule has 2 aromatic rings. The Morgan fingerprint density at radius 2 is 1.95 bits per heavy atom. The zero-order valence-electron chi connectivity index (χ0n) is 12.9. The van der Waals surface area contributed by atoms with Crippen LogP contribution in [0.4, 0.5) is 0 Å². The molecule has 0 aliphatic heterocycles. The minimum absolute atomic E-state index is 0.114. The van der Waals surface area contributed by atoms with Crippen LogP contribution in [-0.2, 0) is 13.0 Å². The minimum Gasteiger partial charge on any atom is -0.396 e. The van der Waals surface area contributed by atoms with Gasteiger partial charge in [0.25, 0.3) is 5.91 Å². The van der Waals surface area contributed by atoms with Crippen molar-refractivity contribution in [1.29, 1.82) is 0 Å². The van der Waals surface area contributed by atoms with Gasteiger partial charge in [-0.2, -0.15) is 0 Å². The quantitative estimate of drug-likeness (QED) is 0.858. The zero-order valence-corrected chi connectivity index (χ0v) is 13.7. The summed E-state index contributed by atoms with van der Waals surface area (Å²) < 4.78 is 2.08. The van der Waals surface area contributed by atoms with Gasteiger partial charge >= 0.3 is 0 Å². The van der Waals surface area contributed by atoms with Gasteiger partial charge in [0.1, 0.15) is 0 Å². The summed E-state index contributed by atoms with van der Waals surface area (Å²) in [7, 11) is 0. The lowest BCUT2D eigenvalue weighted by Gasteiger charge is -2.11. The van der Waals surface area contributed by atoms with Gasteiger partial charge in [0, 0.05) is 35.1 Å². The molecule has 118 valence electrons. The number of carbonyl (C=O) groups excluding carboxylic acids is 1. The first-order valence-corrected chi connectivity index (χ1v) is 7.77. The molecule has 3 N–H and O–H groups in total. The Bertz CT molecular complexity index is 675. The number of amides is 1. The van der Waals surface area contributed by atoms with Crippen LogP contribution in [0.1, 0.15) is 35.1 Å². The second-order valence-corrected chi connectivity index (χ2v) is 5.67. The summed E-state index contributed by atoms with van der Waals surface area (Å²) in [5.41, 5.74) is 9.89. The Labute approximate surface area is 135 Å². The number of aliphatic hydroxyl groups is 1. The standard InChI is InChI=1S/C17H21ClN2O2/c1-3-14-16(12-5-7-13(18)8-6-12)15(17(19)22)11(2)20(14)9-4-10-21/h5-8,21H,3-4,9-10H2,1-2H3,(H2,19,22). The van der Waals surface area contributed by atoms with Crippen LogP contribution < -0.4 is 5.73 Å². The molecule has 0 aliphatic carbocycles. The highest BCUT2D eigenvalue weighted by molar-refractivity contribution is 6.30. The fraction of sp³-hybridized carbons (Fsp3) is 0.353. The number of aromatic nitrogens is 1. The van der Waals surface area contributed by atoms with Crippen molar-refractivity contribution in [1.82, 2.24) is 4.57 Å². The van der Waals surface area contributed by atoms with Crippen LogP contribution in [0.25, 0.3) is 11.1 Å². The van der Waals surface area contributed by atoms with Crippen LogP contribution in [0, 0.1) is 6.92 Å². The second kappa shape index (κ2) is 6.99. The van der Waals surface area contributed by atoms with E-state index < -0.39 is 5.91 Å². The SMILES string of the molecule is CCc1c(-c2ccc(Cl)cc2)c(C(N)=O)c(C)n1CCCO. The van der Waals surface area contributed by atoms with E-state index in [1.807, 2.05) is 31.2 Å². The minimum atomic E-state index is -0.431. The first-order chi connectivity index (χ1) is 10.5. The van der Waals surface area contributed by atoms with Gasteiger partial charge in [0.2, 0.25) is 0 Å². The molecule has 0 saturated heterocycles. The van der Waals surface area contributed by atoms with E-state index in [0.717, 1.165) is 28.9 Å². The predicted octanol–water partition coefficient (Wildman–Crippen LogP) is 3.16. The van der Waals surface area contributed by atoms with Gasteiger partial charge in [0.15, 0.2) is 0 Å². The normalized spacial score (nSPS) is 10.9. The molecule has 22 heavy (non-hydrogen) atoms. The molecule has 1 heterocycles. The molecule has 0 aliphatic rings. The van der Waals surface area contributed by atoms with E-state index in [1.165, 1.54) is 0 Å². The fourth-order valence-corrected chi connectivity index (χ4v) is 3.05. The predicted molar refractivity (Wildman–Crippen MR) is 89.2 cm³/mol. The molecule has 1 amide bonds. The van der Waals surface area contributed by atoms with Crippen LogP contribution >= 0.6 is 11.6 Å². The average Bonchev–Trinajstić information content (AvgIpc) is 2.78. The number of aliphatic hydroxyl groups excluding tert-OH is 1. The van der Waals surface area contributed by atoms with Crippen LogP contribution in [0.5, 0.6) is 0 Å². The third kappa shape index (κ3) is 3.03. The first-order valence-electron chi connectivity index (χ1n) is 7.39. The summed E-state index contributed by atoms with van der Waals surface area (Å²) in [4.78, 5) is 12.0. The van der Waals surface area contributed by atoms with Gasteiger partial charge in [-0.1, -0.05) is 30.7 Å². The molecular weight excluding hydrogens is 300 g/mol. The number of halogens is 1. The Morgan fingerprint density at radius 1 is 1.32 bits per heavy atom. The molecule has 1 aromatic carbocycles. The highest BCUT2D eigenvalue weighted by Crippen LogP contribution is 2.34. The van der Waals surface area contributed by atoms with E-state index >= 15 is 0 Å². The van der Waals surface area contributed by atoms with Crippen molar-refractivity contribution in [3.8, 4) is 11.1 Å². The fourth-order valence-electron chi connectivity index (χ4n) is 2.93. The topological polar surface area (TPSA) is 68.2 Å². The highest BCUT2D eigenvalue weighted by atomic mass is 35.5. The maximum Gasteiger partial charge on any atom is 0.251 e. The third-order valence-corrected chi connectivity index (χ3v) is 4.14. The summed E-state index contributed by atoms with van der Waals surface area (Å²) in [6, 6.07) is 7.42. The van der Waals surface area contributed by atoms with Gasteiger partial charge in [-0.3, -0.25) is 4.79 Å². The van der Waals surface area contributed by atoms with Crippen LogP contribution in [0.15, 0.2) is 24.3 Å². The van der Waals surface area contributed by atoms with Gasteiger partial charge in [-0.05, 0) is 37.5 Å². The molecule has 0 atom stereocenters. The zero-order chi connectivity index (χ0) is 16.3. The summed E-state index contributed by atoms with van der Waals surface area (Å²) in [5, 5.41) is 9.75. The number of hydrogen-bond acceptors (Lipinski definition) is 2. The van der Waals surface area contributed by atoms with E-state index in [4.69, 9.17) is 22.4 Å². The number of rotatable bonds is 6.